The maximum atomic E-state index is 14.7. The minimum Gasteiger partial charge on any atom is -0.468 e. The van der Waals surface area contributed by atoms with Crippen molar-refractivity contribution in [3.05, 3.63) is 138 Å². The molecular formula is C34H25Br2Cl2NO4. The number of esters is 1. The van der Waals surface area contributed by atoms with Gasteiger partial charge in [-0.15, -0.1) is 0 Å². The van der Waals surface area contributed by atoms with E-state index in [4.69, 9.17) is 27.9 Å². The van der Waals surface area contributed by atoms with Gasteiger partial charge in [-0.3, -0.25) is 9.59 Å². The number of Topliss-reactive ketones (excluding diaryl/α,β-unsaturated/α-hetero) is 1. The molecule has 0 radical (unpaired) electrons. The van der Waals surface area contributed by atoms with Gasteiger partial charge in [0.05, 0.1) is 19.1 Å². The largest absolute Gasteiger partial charge is 0.468 e. The molecule has 5 atom stereocenters. The lowest BCUT2D eigenvalue weighted by molar-refractivity contribution is -0.162. The van der Waals surface area contributed by atoms with Crippen molar-refractivity contribution in [2.75, 3.05) is 7.11 Å². The van der Waals surface area contributed by atoms with Gasteiger partial charge >= 0.3 is 5.97 Å². The van der Waals surface area contributed by atoms with Gasteiger partial charge < -0.3 is 9.84 Å². The molecule has 1 fully saturated rings. The van der Waals surface area contributed by atoms with Gasteiger partial charge in [0.1, 0.15) is 5.60 Å². The third-order valence-electron chi connectivity index (χ3n) is 8.33. The van der Waals surface area contributed by atoms with Crippen molar-refractivity contribution >= 4 is 66.8 Å². The Hall–Kier alpha value is -2.99. The molecule has 0 spiro atoms. The third-order valence-corrected chi connectivity index (χ3v) is 9.82. The summed E-state index contributed by atoms with van der Waals surface area (Å²) in [4.78, 5) is 28.8. The normalized spacial score (nSPS) is 25.0. The Morgan fingerprint density at radius 2 is 1.42 bits per heavy atom. The van der Waals surface area contributed by atoms with E-state index in [0.717, 1.165) is 4.47 Å². The molecule has 1 aliphatic carbocycles. The zero-order valence-electron chi connectivity index (χ0n) is 22.8. The fourth-order valence-corrected chi connectivity index (χ4v) is 7.53. The number of nitrogens with zero attached hydrogens (tertiary/aromatic N) is 1. The van der Waals surface area contributed by atoms with Gasteiger partial charge in [-0.05, 0) is 83.8 Å². The number of carbonyl (C=O) groups excluding carboxylic acids is 2. The molecular weight excluding hydrogens is 717 g/mol. The Balaban J connectivity index is 1.91. The summed E-state index contributed by atoms with van der Waals surface area (Å²) >= 11 is 19.4. The minimum absolute atomic E-state index is 0.137. The molecule has 1 saturated carbocycles. The highest BCUT2D eigenvalue weighted by atomic mass is 79.9. The van der Waals surface area contributed by atoms with E-state index >= 15 is 0 Å². The number of ketones is 1. The Labute approximate surface area is 276 Å². The van der Waals surface area contributed by atoms with Gasteiger partial charge in [-0.1, -0.05) is 91.5 Å². The van der Waals surface area contributed by atoms with Crippen LogP contribution in [0.25, 0.3) is 0 Å². The number of aliphatic hydroxyl groups is 1. The van der Waals surface area contributed by atoms with Crippen LogP contribution in [0.2, 0.25) is 10.0 Å². The lowest BCUT2D eigenvalue weighted by atomic mass is 9.47. The number of nitriles is 1. The number of methoxy groups -OCH3 is 1. The summed E-state index contributed by atoms with van der Waals surface area (Å²) in [6.07, 6.45) is -0.137. The van der Waals surface area contributed by atoms with Crippen molar-refractivity contribution in [1.82, 2.24) is 0 Å². The number of hydrogen-bond donors (Lipinski definition) is 1. The second-order valence-corrected chi connectivity index (χ2v) is 13.3. The number of benzene rings is 4. The van der Waals surface area contributed by atoms with E-state index in [9.17, 15) is 20.0 Å². The Morgan fingerprint density at radius 1 is 0.884 bits per heavy atom. The van der Waals surface area contributed by atoms with E-state index in [-0.39, 0.29) is 12.0 Å². The van der Waals surface area contributed by atoms with Gasteiger partial charge in [0.15, 0.2) is 11.2 Å². The topological polar surface area (TPSA) is 87.4 Å². The van der Waals surface area contributed by atoms with Crippen molar-refractivity contribution in [2.24, 2.45) is 11.3 Å². The Kier molecular flexibility index (Phi) is 9.18. The van der Waals surface area contributed by atoms with Crippen LogP contribution < -0.4 is 0 Å². The van der Waals surface area contributed by atoms with Crippen LogP contribution in [0, 0.1) is 22.7 Å². The molecule has 0 aliphatic heterocycles. The second-order valence-electron chi connectivity index (χ2n) is 10.6. The van der Waals surface area contributed by atoms with Crippen molar-refractivity contribution in [2.45, 2.75) is 23.9 Å². The lowest BCUT2D eigenvalue weighted by Crippen LogP contribution is -2.59. The van der Waals surface area contributed by atoms with Gasteiger partial charge in [-0.25, -0.2) is 0 Å². The first-order valence-electron chi connectivity index (χ1n) is 13.3. The van der Waals surface area contributed by atoms with E-state index in [1.165, 1.54) is 7.11 Å². The molecule has 0 saturated heterocycles. The highest BCUT2D eigenvalue weighted by molar-refractivity contribution is 9.10. The Bertz CT molecular complexity index is 1720. The molecule has 4 aromatic rings. The molecule has 0 unspecified atom stereocenters. The second kappa shape index (κ2) is 12.6. The van der Waals surface area contributed by atoms with Crippen LogP contribution >= 0.6 is 55.1 Å². The molecule has 4 aromatic carbocycles. The van der Waals surface area contributed by atoms with E-state index in [1.54, 1.807) is 72.8 Å². The van der Waals surface area contributed by atoms with Crippen LogP contribution in [-0.2, 0) is 15.1 Å². The quantitative estimate of drug-likeness (QED) is 0.158. The zero-order valence-corrected chi connectivity index (χ0v) is 27.5. The summed E-state index contributed by atoms with van der Waals surface area (Å²) in [5, 5.41) is 25.0. The highest BCUT2D eigenvalue weighted by Crippen LogP contribution is 2.64. The molecule has 0 aromatic heterocycles. The first-order chi connectivity index (χ1) is 20.5. The van der Waals surface area contributed by atoms with Crippen LogP contribution in [0.4, 0.5) is 0 Å². The van der Waals surface area contributed by atoms with E-state index < -0.39 is 40.5 Å². The van der Waals surface area contributed by atoms with Crippen LogP contribution in [0.3, 0.4) is 0 Å². The molecule has 5 nitrogen and oxygen atoms in total. The third kappa shape index (κ3) is 5.68. The van der Waals surface area contributed by atoms with Crippen LogP contribution in [0.15, 0.2) is 106 Å². The average Bonchev–Trinajstić information content (AvgIpc) is 3.00. The smallest absolute Gasteiger partial charge is 0.327 e. The molecule has 1 aliphatic rings. The van der Waals surface area contributed by atoms with Crippen molar-refractivity contribution in [3.8, 4) is 6.07 Å². The summed E-state index contributed by atoms with van der Waals surface area (Å²) in [5.41, 5.74) is -1.91. The number of carbonyl (C=O) groups is 2. The summed E-state index contributed by atoms with van der Waals surface area (Å²) < 4.78 is 6.79. The summed E-state index contributed by atoms with van der Waals surface area (Å²) in [5.74, 6) is -4.58. The number of halogens is 4. The average molecular weight is 742 g/mol. The first kappa shape index (κ1) is 31.4. The van der Waals surface area contributed by atoms with E-state index in [2.05, 4.69) is 37.9 Å². The minimum atomic E-state index is -1.91. The molecule has 5 rings (SSSR count). The monoisotopic (exact) mass is 739 g/mol. The predicted molar refractivity (Wildman–Crippen MR) is 173 cm³/mol. The summed E-state index contributed by atoms with van der Waals surface area (Å²) in [7, 11) is 1.23. The highest BCUT2D eigenvalue weighted by Gasteiger charge is 2.67. The van der Waals surface area contributed by atoms with Crippen LogP contribution in [0.1, 0.15) is 45.3 Å². The van der Waals surface area contributed by atoms with Gasteiger partial charge in [-0.2, -0.15) is 5.26 Å². The molecule has 218 valence electrons. The fourth-order valence-electron chi connectivity index (χ4n) is 6.44. The molecule has 0 bridgehead atoms. The molecule has 0 amide bonds. The molecule has 0 heterocycles. The van der Waals surface area contributed by atoms with Gasteiger partial charge in [0.2, 0.25) is 0 Å². The maximum Gasteiger partial charge on any atom is 0.327 e. The molecule has 9 heteroatoms. The maximum absolute atomic E-state index is 14.7. The lowest BCUT2D eigenvalue weighted by Gasteiger charge is -2.54. The van der Waals surface area contributed by atoms with Crippen molar-refractivity contribution in [1.29, 1.82) is 5.26 Å². The van der Waals surface area contributed by atoms with E-state index in [0.29, 0.717) is 31.2 Å². The standard InChI is InChI=1S/C34H25Br2Cl2NO4/c1-43-32(41)33(19-39)28(21-4-2-6-24(35)16-21)18-34(42,23-10-14-27(38)15-11-23)30(29(33)22-5-3-7-25(36)17-22)31(40)20-8-12-26(37)13-9-20/h2-17,28-30,42H,18H2,1H3/t28-,29+,30+,33+,34-/m0/s1. The first-order valence-corrected chi connectivity index (χ1v) is 15.7. The molecule has 1 N–H and O–H groups in total. The SMILES string of the molecule is COC(=O)[C@@]1(C#N)[C@H](c2cccc(Br)c2)[C@H](C(=O)c2ccc(Cl)cc2)[C@@](O)(c2ccc(Cl)cc2)C[C@H]1c1cccc(Br)c1. The number of ether oxygens (including phenoxy) is 1. The van der Waals surface area contributed by atoms with Gasteiger partial charge in [0, 0.05) is 36.4 Å². The predicted octanol–water partition coefficient (Wildman–Crippen LogP) is 8.86. The van der Waals surface area contributed by atoms with E-state index in [1.807, 2.05) is 24.3 Å². The number of rotatable bonds is 6. The van der Waals surface area contributed by atoms with Crippen LogP contribution in [0.5, 0.6) is 0 Å². The van der Waals surface area contributed by atoms with Gasteiger partial charge in [0.25, 0.3) is 0 Å². The van der Waals surface area contributed by atoms with Crippen LogP contribution in [-0.4, -0.2) is 24.0 Å². The summed E-state index contributed by atoms with van der Waals surface area (Å²) in [6, 6.07) is 29.7. The zero-order chi connectivity index (χ0) is 30.9. The number of hydrogen-bond acceptors (Lipinski definition) is 5. The molecule has 43 heavy (non-hydrogen) atoms. The van der Waals surface area contributed by atoms with Crippen molar-refractivity contribution < 1.29 is 19.4 Å². The van der Waals surface area contributed by atoms with Crippen molar-refractivity contribution in [3.63, 3.8) is 0 Å². The Morgan fingerprint density at radius 3 is 1.95 bits per heavy atom. The fraction of sp³-hybridized carbons (Fsp3) is 0.206. The summed E-state index contributed by atoms with van der Waals surface area (Å²) in [6.45, 7) is 0.